The summed E-state index contributed by atoms with van der Waals surface area (Å²) in [5.74, 6) is -0.262. The Kier molecular flexibility index (Phi) is 7.70. The van der Waals surface area contributed by atoms with Gasteiger partial charge in [-0.3, -0.25) is 0 Å². The number of rotatable bonds is 6. The summed E-state index contributed by atoms with van der Waals surface area (Å²) in [5, 5.41) is 10.4. The van der Waals surface area contributed by atoms with E-state index in [1.165, 1.54) is 10.7 Å². The lowest BCUT2D eigenvalue weighted by molar-refractivity contribution is -0.160. The predicted molar refractivity (Wildman–Crippen MR) is 156 cm³/mol. The Hall–Kier alpha value is -2.62. The second-order valence-electron chi connectivity index (χ2n) is 12.6. The van der Waals surface area contributed by atoms with Gasteiger partial charge in [0.15, 0.2) is 6.10 Å². The molecule has 0 aromatic heterocycles. The predicted octanol–water partition coefficient (Wildman–Crippen LogP) is 5.93. The molecule has 2 aliphatic heterocycles. The van der Waals surface area contributed by atoms with Gasteiger partial charge in [-0.05, 0) is 77.0 Å². The second kappa shape index (κ2) is 10.7. The molecule has 2 fully saturated rings. The van der Waals surface area contributed by atoms with Gasteiger partial charge in [-0.1, -0.05) is 49.1 Å². The van der Waals surface area contributed by atoms with Crippen LogP contribution in [0.3, 0.4) is 0 Å². The first-order valence-electron chi connectivity index (χ1n) is 14.4. The zero-order valence-corrected chi connectivity index (χ0v) is 25.3. The van der Waals surface area contributed by atoms with Crippen molar-refractivity contribution >= 4 is 21.9 Å². The molecule has 2 aromatic carbocycles. The van der Waals surface area contributed by atoms with Gasteiger partial charge in [0.05, 0.1) is 17.3 Å². The van der Waals surface area contributed by atoms with Gasteiger partial charge in [-0.15, -0.1) is 0 Å². The molecule has 2 unspecified atom stereocenters. The Morgan fingerprint density at radius 1 is 1.07 bits per heavy atom. The highest BCUT2D eigenvalue weighted by atomic mass is 32.2. The highest BCUT2D eigenvalue weighted by molar-refractivity contribution is 7.90. The van der Waals surface area contributed by atoms with Gasteiger partial charge < -0.3 is 14.6 Å². The minimum Gasteiger partial charge on any atom is -0.489 e. The molecule has 0 spiro atoms. The van der Waals surface area contributed by atoms with Gasteiger partial charge in [0.2, 0.25) is 0 Å². The van der Waals surface area contributed by atoms with Crippen molar-refractivity contribution in [2.45, 2.75) is 91.4 Å². The van der Waals surface area contributed by atoms with E-state index in [1.807, 2.05) is 58.9 Å². The van der Waals surface area contributed by atoms with Crippen LogP contribution in [0.25, 0.3) is 11.1 Å². The van der Waals surface area contributed by atoms with Gasteiger partial charge >= 0.3 is 16.2 Å². The van der Waals surface area contributed by atoms with Crippen LogP contribution in [0.5, 0.6) is 5.75 Å². The summed E-state index contributed by atoms with van der Waals surface area (Å²) >= 11 is 0. The number of fused-ring (bicyclic) bond motifs is 3. The largest absolute Gasteiger partial charge is 0.489 e. The number of carboxylic acids is 1. The average molecular weight is 571 g/mol. The lowest BCUT2D eigenvalue weighted by atomic mass is 9.86. The zero-order valence-electron chi connectivity index (χ0n) is 24.5. The first kappa shape index (κ1) is 28.9. The molecule has 2 heterocycles. The summed E-state index contributed by atoms with van der Waals surface area (Å²) in [4.78, 5) is 12.8. The van der Waals surface area contributed by atoms with Crippen LogP contribution in [-0.2, 0) is 19.7 Å². The van der Waals surface area contributed by atoms with Crippen LogP contribution >= 0.6 is 0 Å². The van der Waals surface area contributed by atoms with Gasteiger partial charge in [0.25, 0.3) is 0 Å². The molecule has 0 radical (unpaired) electrons. The summed E-state index contributed by atoms with van der Waals surface area (Å²) in [7, 11) is -3.82. The van der Waals surface area contributed by atoms with E-state index in [-0.39, 0.29) is 12.6 Å². The van der Waals surface area contributed by atoms with Gasteiger partial charge in [0.1, 0.15) is 12.4 Å². The first-order valence-corrected chi connectivity index (χ1v) is 15.8. The van der Waals surface area contributed by atoms with Gasteiger partial charge in [-0.25, -0.2) is 9.10 Å². The smallest absolute Gasteiger partial charge is 0.337 e. The molecule has 1 saturated heterocycles. The molecule has 0 amide bonds. The minimum atomic E-state index is -3.82. The maximum atomic E-state index is 14.1. The molecule has 9 heteroatoms. The van der Waals surface area contributed by atoms with Crippen LogP contribution < -0.4 is 9.04 Å². The van der Waals surface area contributed by atoms with Crippen LogP contribution in [0, 0.1) is 26.7 Å². The van der Waals surface area contributed by atoms with Crippen molar-refractivity contribution in [2.24, 2.45) is 5.92 Å². The topological polar surface area (TPSA) is 96.4 Å². The van der Waals surface area contributed by atoms with Crippen molar-refractivity contribution in [3.05, 3.63) is 46.5 Å². The molecule has 0 bridgehead atoms. The normalized spacial score (nSPS) is 21.9. The fraction of sp³-hybridized carbons (Fsp3) is 0.581. The molecule has 3 aliphatic rings. The van der Waals surface area contributed by atoms with E-state index < -0.39 is 27.9 Å². The number of nitrogens with zero attached hydrogens (tertiary/aromatic N) is 2. The Labute approximate surface area is 238 Å². The molecular weight excluding hydrogens is 528 g/mol. The van der Waals surface area contributed by atoms with Crippen LogP contribution in [0.4, 0.5) is 5.69 Å². The number of hydrogen-bond acceptors (Lipinski definition) is 5. The Morgan fingerprint density at radius 3 is 2.33 bits per heavy atom. The van der Waals surface area contributed by atoms with E-state index in [2.05, 4.69) is 0 Å². The minimum absolute atomic E-state index is 0.251. The lowest BCUT2D eigenvalue weighted by Gasteiger charge is -2.37. The maximum Gasteiger partial charge on any atom is 0.337 e. The molecule has 218 valence electrons. The number of carbonyl (C=O) groups is 1. The third-order valence-corrected chi connectivity index (χ3v) is 10.3. The number of aliphatic carboxylic acids is 1. The Morgan fingerprint density at radius 2 is 1.73 bits per heavy atom. The second-order valence-corrected chi connectivity index (χ2v) is 14.4. The van der Waals surface area contributed by atoms with E-state index in [0.29, 0.717) is 52.7 Å². The van der Waals surface area contributed by atoms with E-state index in [1.54, 1.807) is 11.2 Å². The van der Waals surface area contributed by atoms with Gasteiger partial charge in [0, 0.05) is 24.2 Å². The number of hydrogen-bond donors (Lipinski definition) is 1. The molecule has 2 aromatic rings. The number of carboxylic acid groups (broad SMARTS) is 1. The van der Waals surface area contributed by atoms with Crippen molar-refractivity contribution in [3.63, 3.8) is 0 Å². The van der Waals surface area contributed by atoms with Crippen molar-refractivity contribution in [1.82, 2.24) is 4.31 Å². The highest BCUT2D eigenvalue weighted by Gasteiger charge is 2.50. The molecule has 2 atom stereocenters. The molecule has 8 nitrogen and oxygen atoms in total. The van der Waals surface area contributed by atoms with Crippen molar-refractivity contribution in [3.8, 4) is 16.9 Å². The zero-order chi connectivity index (χ0) is 29.0. The molecule has 40 heavy (non-hydrogen) atoms. The number of ether oxygens (including phenoxy) is 2. The molecular formula is C31H42N2O6S. The molecule has 1 aliphatic carbocycles. The first-order chi connectivity index (χ1) is 18.8. The molecule has 1 N–H and O–H groups in total. The molecule has 5 rings (SSSR count). The lowest BCUT2D eigenvalue weighted by Crippen LogP contribution is -2.43. The van der Waals surface area contributed by atoms with E-state index in [9.17, 15) is 18.3 Å². The van der Waals surface area contributed by atoms with Gasteiger partial charge in [-0.2, -0.15) is 12.7 Å². The summed E-state index contributed by atoms with van der Waals surface area (Å²) in [6.45, 7) is 12.3. The number of benzene rings is 2. The van der Waals surface area contributed by atoms with E-state index in [4.69, 9.17) is 9.47 Å². The third-order valence-electron chi connectivity index (χ3n) is 8.41. The maximum absolute atomic E-state index is 14.1. The monoisotopic (exact) mass is 570 g/mol. The standard InChI is InChI=1S/C31H42N2O6S/c1-19-12-14-23(15-13-19)25-21(3)28-27(20(2)26(25)29(30(34)35)39-31(4,5)6)33-24(18-38-28)17-32(40(33,36)37)16-22-10-8-7-9-11-22/h12-15,22,24,29H,7-11,16-18H2,1-6H3,(H,34,35). The Bertz CT molecular complexity index is 1390. The Balaban J connectivity index is 1.69. The fourth-order valence-electron chi connectivity index (χ4n) is 6.57. The van der Waals surface area contributed by atoms with Crippen LogP contribution in [0.2, 0.25) is 0 Å². The quantitative estimate of drug-likeness (QED) is 0.463. The van der Waals surface area contributed by atoms with Crippen molar-refractivity contribution in [1.29, 1.82) is 0 Å². The SMILES string of the molecule is Cc1ccc(-c2c(C)c3c(c(C)c2C(OC(C)(C)C)C(=O)O)N2C(CO3)CN(CC3CCCCC3)S2(=O)=O)cc1. The van der Waals surface area contributed by atoms with Crippen LogP contribution in [0.1, 0.15) is 81.2 Å². The number of anilines is 1. The third kappa shape index (κ3) is 5.23. The molecule has 1 saturated carbocycles. The van der Waals surface area contributed by atoms with E-state index in [0.717, 1.165) is 36.8 Å². The van der Waals surface area contributed by atoms with Crippen LogP contribution in [-0.4, -0.2) is 55.1 Å². The summed E-state index contributed by atoms with van der Waals surface area (Å²) < 4.78 is 43.9. The average Bonchev–Trinajstić information content (AvgIpc) is 3.14. The fourth-order valence-corrected chi connectivity index (χ4v) is 8.53. The summed E-state index contributed by atoms with van der Waals surface area (Å²) in [6.07, 6.45) is 4.30. The van der Waals surface area contributed by atoms with Crippen molar-refractivity contribution in [2.75, 3.05) is 24.0 Å². The summed E-state index contributed by atoms with van der Waals surface area (Å²) in [5.41, 5.74) is 4.05. The summed E-state index contributed by atoms with van der Waals surface area (Å²) in [6, 6.07) is 7.53. The van der Waals surface area contributed by atoms with Crippen molar-refractivity contribution < 1.29 is 27.8 Å². The van der Waals surface area contributed by atoms with Crippen LogP contribution in [0.15, 0.2) is 24.3 Å². The number of aryl methyl sites for hydroxylation is 1. The highest BCUT2D eigenvalue weighted by Crippen LogP contribution is 2.51. The van der Waals surface area contributed by atoms with E-state index >= 15 is 0 Å².